The molecule has 1 saturated heterocycles. The molecule has 1 aliphatic rings. The topological polar surface area (TPSA) is 151 Å². The van der Waals surface area contributed by atoms with Gasteiger partial charge in [-0.15, -0.1) is 0 Å². The van der Waals surface area contributed by atoms with Crippen LogP contribution in [0.15, 0.2) is 59.5 Å². The molecule has 4 amide bonds. The van der Waals surface area contributed by atoms with Gasteiger partial charge in [-0.25, -0.2) is 17.6 Å². The summed E-state index contributed by atoms with van der Waals surface area (Å²) in [7, 11) is -4.38. The molecule has 2 aromatic carbocycles. The molecule has 0 bridgehead atoms. The molecule has 0 aromatic heterocycles. The molecular formula is C21H21FN4O7S. The van der Waals surface area contributed by atoms with Crippen molar-refractivity contribution < 1.29 is 36.7 Å². The van der Waals surface area contributed by atoms with Gasteiger partial charge in [0.1, 0.15) is 22.3 Å². The lowest BCUT2D eigenvalue weighted by Crippen LogP contribution is -2.49. The largest absolute Gasteiger partial charge is 0.454 e. The van der Waals surface area contributed by atoms with E-state index in [1.165, 1.54) is 19.1 Å². The highest BCUT2D eigenvalue weighted by Crippen LogP contribution is 2.27. The molecule has 1 fully saturated rings. The van der Waals surface area contributed by atoms with E-state index in [1.54, 1.807) is 30.3 Å². The molecule has 3 N–H and O–H groups in total. The minimum absolute atomic E-state index is 0.466. The molecule has 13 heteroatoms. The monoisotopic (exact) mass is 492 g/mol. The van der Waals surface area contributed by atoms with Crippen molar-refractivity contribution in [1.29, 1.82) is 0 Å². The average Bonchev–Trinajstić information content (AvgIpc) is 3.01. The van der Waals surface area contributed by atoms with E-state index in [0.717, 1.165) is 19.1 Å². The Kier molecular flexibility index (Phi) is 6.98. The summed E-state index contributed by atoms with van der Waals surface area (Å²) in [6.45, 7) is 1.70. The van der Waals surface area contributed by atoms with E-state index in [1.807, 2.05) is 10.1 Å². The number of carbonyl (C=O) groups is 4. The van der Waals surface area contributed by atoms with Gasteiger partial charge < -0.3 is 10.1 Å². The zero-order chi connectivity index (χ0) is 25.1. The lowest BCUT2D eigenvalue weighted by Gasteiger charge is -2.22. The summed E-state index contributed by atoms with van der Waals surface area (Å²) in [5.41, 5.74) is 1.12. The number of amides is 4. The summed E-state index contributed by atoms with van der Waals surface area (Å²) < 4.78 is 45.0. The van der Waals surface area contributed by atoms with Crippen molar-refractivity contribution in [3.8, 4) is 0 Å². The molecular weight excluding hydrogens is 471 g/mol. The van der Waals surface area contributed by atoms with Crippen molar-refractivity contribution in [3.05, 3.63) is 66.0 Å². The van der Waals surface area contributed by atoms with Crippen LogP contribution < -0.4 is 15.5 Å². The van der Waals surface area contributed by atoms with Gasteiger partial charge in [-0.05, 0) is 31.5 Å². The van der Waals surface area contributed by atoms with Crippen LogP contribution in [0.3, 0.4) is 0 Å². The van der Waals surface area contributed by atoms with E-state index >= 15 is 0 Å². The average molecular weight is 492 g/mol. The van der Waals surface area contributed by atoms with Gasteiger partial charge in [-0.3, -0.25) is 19.8 Å². The lowest BCUT2D eigenvalue weighted by molar-refractivity contribution is -0.151. The Balaban J connectivity index is 1.56. The number of sulfonamides is 1. The van der Waals surface area contributed by atoms with Crippen LogP contribution in [0.1, 0.15) is 19.4 Å². The number of halogens is 1. The Morgan fingerprint density at radius 3 is 2.38 bits per heavy atom. The number of hydrogen-bond acceptors (Lipinski definition) is 7. The fraction of sp³-hybridized carbons (Fsp3) is 0.238. The molecule has 0 saturated carbocycles. The van der Waals surface area contributed by atoms with Gasteiger partial charge >= 0.3 is 12.0 Å². The van der Waals surface area contributed by atoms with Crippen molar-refractivity contribution in [3.63, 3.8) is 0 Å². The van der Waals surface area contributed by atoms with E-state index in [4.69, 9.17) is 4.74 Å². The number of nitrogens with zero attached hydrogens (tertiary/aromatic N) is 1. The van der Waals surface area contributed by atoms with Crippen molar-refractivity contribution >= 4 is 33.8 Å². The minimum Gasteiger partial charge on any atom is -0.454 e. The number of hydrogen-bond donors (Lipinski definition) is 3. The van der Waals surface area contributed by atoms with Gasteiger partial charge in [0.2, 0.25) is 10.0 Å². The van der Waals surface area contributed by atoms with Crippen molar-refractivity contribution in [1.82, 2.24) is 20.5 Å². The quantitative estimate of drug-likeness (QED) is 0.359. The summed E-state index contributed by atoms with van der Waals surface area (Å²) in [6, 6.07) is 10.6. The third-order valence-corrected chi connectivity index (χ3v) is 6.51. The van der Waals surface area contributed by atoms with Gasteiger partial charge in [-0.2, -0.15) is 9.73 Å². The second kappa shape index (κ2) is 9.57. The van der Waals surface area contributed by atoms with E-state index < -0.39 is 62.7 Å². The second-order valence-electron chi connectivity index (χ2n) is 7.48. The number of carbonyl (C=O) groups excluding carboxylic acids is 4. The number of urea groups is 1. The van der Waals surface area contributed by atoms with E-state index in [9.17, 15) is 32.0 Å². The highest BCUT2D eigenvalue weighted by Gasteiger charge is 2.50. The summed E-state index contributed by atoms with van der Waals surface area (Å²) in [4.78, 5) is 48.6. The van der Waals surface area contributed by atoms with Crippen LogP contribution in [0.4, 0.5) is 9.18 Å². The Morgan fingerprint density at radius 2 is 1.74 bits per heavy atom. The number of benzene rings is 2. The summed E-state index contributed by atoms with van der Waals surface area (Å²) in [5.74, 6) is -3.92. The molecule has 2 aromatic rings. The highest BCUT2D eigenvalue weighted by atomic mass is 32.2. The number of hydrazine groups is 1. The molecule has 11 nitrogen and oxygen atoms in total. The van der Waals surface area contributed by atoms with Crippen LogP contribution in [0.25, 0.3) is 0 Å². The molecule has 0 aliphatic carbocycles. The normalized spacial score (nSPS) is 18.9. The first-order valence-corrected chi connectivity index (χ1v) is 11.4. The van der Waals surface area contributed by atoms with Crippen LogP contribution in [0.5, 0.6) is 0 Å². The highest BCUT2D eigenvalue weighted by molar-refractivity contribution is 7.89. The maximum Gasteiger partial charge on any atom is 0.344 e. The first-order chi connectivity index (χ1) is 16.0. The molecule has 2 atom stereocenters. The summed E-state index contributed by atoms with van der Waals surface area (Å²) in [5, 5.41) is 2.95. The first kappa shape index (κ1) is 24.8. The lowest BCUT2D eigenvalue weighted by atomic mass is 9.92. The standard InChI is InChI=1S/C21H21FN4O7S/c1-13(25-34(31,32)16-11-7-6-10-15(16)22)18(28)33-12-17(27)24-26-19(29)21(2,23-20(26)30)14-8-4-3-5-9-14/h3-11,13,25H,12H2,1-2H3,(H,23,30)(H,24,27). The zero-order valence-electron chi connectivity index (χ0n) is 18.1. The van der Waals surface area contributed by atoms with E-state index in [-0.39, 0.29) is 0 Å². The maximum absolute atomic E-state index is 13.8. The number of nitrogens with one attached hydrogen (secondary N) is 3. The predicted octanol–water partition coefficient (Wildman–Crippen LogP) is 0.534. The van der Waals surface area contributed by atoms with Gasteiger partial charge in [0, 0.05) is 0 Å². The van der Waals surface area contributed by atoms with Gasteiger partial charge in [0.15, 0.2) is 6.61 Å². The Bertz CT molecular complexity index is 1240. The number of imide groups is 1. The van der Waals surface area contributed by atoms with E-state index in [0.29, 0.717) is 10.6 Å². The Labute approximate surface area is 194 Å². The SMILES string of the molecule is CC(NS(=O)(=O)c1ccccc1F)C(=O)OCC(=O)NN1C(=O)NC(C)(c2ccccc2)C1=O. The van der Waals surface area contributed by atoms with Crippen LogP contribution in [-0.2, 0) is 34.7 Å². The fourth-order valence-electron chi connectivity index (χ4n) is 3.13. The van der Waals surface area contributed by atoms with Gasteiger partial charge in [0.25, 0.3) is 11.8 Å². The minimum atomic E-state index is -4.38. The van der Waals surface area contributed by atoms with Crippen LogP contribution >= 0.6 is 0 Å². The molecule has 0 spiro atoms. The third-order valence-electron chi connectivity index (χ3n) is 4.94. The van der Waals surface area contributed by atoms with Crippen molar-refractivity contribution in [2.45, 2.75) is 30.3 Å². The molecule has 3 rings (SSSR count). The van der Waals surface area contributed by atoms with Crippen LogP contribution in [-0.4, -0.2) is 49.9 Å². The van der Waals surface area contributed by atoms with Crippen molar-refractivity contribution in [2.75, 3.05) is 6.61 Å². The van der Waals surface area contributed by atoms with Crippen LogP contribution in [0, 0.1) is 5.82 Å². The van der Waals surface area contributed by atoms with Crippen molar-refractivity contribution in [2.24, 2.45) is 0 Å². The summed E-state index contributed by atoms with van der Waals surface area (Å²) in [6.07, 6.45) is 0. The molecule has 1 aliphatic heterocycles. The molecule has 34 heavy (non-hydrogen) atoms. The number of ether oxygens (including phenoxy) is 1. The Morgan fingerprint density at radius 1 is 1.12 bits per heavy atom. The molecule has 2 unspecified atom stereocenters. The number of esters is 1. The first-order valence-electron chi connectivity index (χ1n) is 9.91. The third kappa shape index (κ3) is 5.05. The molecule has 0 radical (unpaired) electrons. The van der Waals surface area contributed by atoms with Crippen LogP contribution in [0.2, 0.25) is 0 Å². The zero-order valence-corrected chi connectivity index (χ0v) is 18.9. The molecule has 1 heterocycles. The van der Waals surface area contributed by atoms with E-state index in [2.05, 4.69) is 5.32 Å². The maximum atomic E-state index is 13.8. The number of rotatable bonds is 8. The predicted molar refractivity (Wildman–Crippen MR) is 114 cm³/mol. The fourth-order valence-corrected chi connectivity index (χ4v) is 4.40. The smallest absolute Gasteiger partial charge is 0.344 e. The van der Waals surface area contributed by atoms with Gasteiger partial charge in [0.05, 0.1) is 0 Å². The summed E-state index contributed by atoms with van der Waals surface area (Å²) >= 11 is 0. The Hall–Kier alpha value is -3.84. The molecule has 180 valence electrons. The van der Waals surface area contributed by atoms with Gasteiger partial charge in [-0.1, -0.05) is 42.5 Å². The second-order valence-corrected chi connectivity index (χ2v) is 9.16.